The fourth-order valence-electron chi connectivity index (χ4n) is 1.43. The predicted octanol–water partition coefficient (Wildman–Crippen LogP) is 4.98. The second-order valence-electron chi connectivity index (χ2n) is 3.51. The number of hydrogen-bond donors (Lipinski definition) is 0. The average molecular weight is 396 g/mol. The monoisotopic (exact) mass is 394 g/mol. The van der Waals surface area contributed by atoms with Crippen LogP contribution < -0.4 is 0 Å². The molecular formula is C12H6Br2F2OS. The zero-order valence-electron chi connectivity index (χ0n) is 8.84. The van der Waals surface area contributed by atoms with E-state index in [9.17, 15) is 13.6 Å². The molecule has 6 heteroatoms. The average Bonchev–Trinajstić information content (AvgIpc) is 2.72. The summed E-state index contributed by atoms with van der Waals surface area (Å²) < 4.78 is 27.0. The first-order chi connectivity index (χ1) is 8.50. The summed E-state index contributed by atoms with van der Waals surface area (Å²) >= 11 is 7.67. The summed E-state index contributed by atoms with van der Waals surface area (Å²) in [4.78, 5) is 12.9. The highest BCUT2D eigenvalue weighted by Gasteiger charge is 2.18. The van der Waals surface area contributed by atoms with Crippen molar-refractivity contribution in [1.29, 1.82) is 0 Å². The molecule has 0 amide bonds. The van der Waals surface area contributed by atoms with Gasteiger partial charge in [-0.3, -0.25) is 4.79 Å². The van der Waals surface area contributed by atoms with Crippen molar-refractivity contribution in [2.45, 2.75) is 6.42 Å². The molecule has 1 aromatic heterocycles. The molecule has 0 spiro atoms. The first kappa shape index (κ1) is 13.8. The molecule has 1 heterocycles. The van der Waals surface area contributed by atoms with Gasteiger partial charge in [-0.05, 0) is 55.4 Å². The highest BCUT2D eigenvalue weighted by molar-refractivity contribution is 9.10. The minimum absolute atomic E-state index is 0.125. The standard InChI is InChI=1S/C12H6Br2F2OS/c13-7-3-4-18-10(7)5-9(17)6-1-2-8(15)12(16)11(6)14/h1-4H,5H2. The molecule has 0 atom stereocenters. The number of Topliss-reactive ketones (excluding diaryl/α,β-unsaturated/α-hetero) is 1. The van der Waals surface area contributed by atoms with E-state index < -0.39 is 11.6 Å². The van der Waals surface area contributed by atoms with Crippen LogP contribution in [0, 0.1) is 11.6 Å². The number of carbonyl (C=O) groups excluding carboxylic acids is 1. The molecule has 0 aliphatic rings. The molecule has 1 aromatic carbocycles. The van der Waals surface area contributed by atoms with E-state index in [1.54, 1.807) is 0 Å². The fraction of sp³-hybridized carbons (Fsp3) is 0.0833. The molecule has 0 bridgehead atoms. The highest BCUT2D eigenvalue weighted by atomic mass is 79.9. The highest BCUT2D eigenvalue weighted by Crippen LogP contribution is 2.27. The SMILES string of the molecule is O=C(Cc1sccc1Br)c1ccc(F)c(F)c1Br. The summed E-state index contributed by atoms with van der Waals surface area (Å²) in [7, 11) is 0. The number of halogens is 4. The van der Waals surface area contributed by atoms with E-state index in [1.165, 1.54) is 17.4 Å². The number of ketones is 1. The second kappa shape index (κ2) is 5.59. The van der Waals surface area contributed by atoms with Crippen molar-refractivity contribution in [2.75, 3.05) is 0 Å². The second-order valence-corrected chi connectivity index (χ2v) is 6.16. The van der Waals surface area contributed by atoms with E-state index in [0.29, 0.717) is 0 Å². The minimum Gasteiger partial charge on any atom is -0.294 e. The van der Waals surface area contributed by atoms with Gasteiger partial charge < -0.3 is 0 Å². The van der Waals surface area contributed by atoms with E-state index >= 15 is 0 Å². The summed E-state index contributed by atoms with van der Waals surface area (Å²) in [6.45, 7) is 0. The maximum Gasteiger partial charge on any atom is 0.173 e. The fourth-order valence-corrected chi connectivity index (χ4v) is 3.47. The van der Waals surface area contributed by atoms with Gasteiger partial charge in [0.25, 0.3) is 0 Å². The molecular weight excluding hydrogens is 390 g/mol. The predicted molar refractivity (Wildman–Crippen MR) is 74.1 cm³/mol. The Labute approximate surface area is 123 Å². The largest absolute Gasteiger partial charge is 0.294 e. The van der Waals surface area contributed by atoms with Crippen LogP contribution in [0.4, 0.5) is 8.78 Å². The van der Waals surface area contributed by atoms with Crippen LogP contribution in [-0.2, 0) is 6.42 Å². The molecule has 18 heavy (non-hydrogen) atoms. The van der Waals surface area contributed by atoms with Crippen molar-refractivity contribution in [3.8, 4) is 0 Å². The molecule has 2 aromatic rings. The van der Waals surface area contributed by atoms with Gasteiger partial charge in [-0.2, -0.15) is 0 Å². The third kappa shape index (κ3) is 2.70. The summed E-state index contributed by atoms with van der Waals surface area (Å²) in [5.41, 5.74) is 0.147. The quantitative estimate of drug-likeness (QED) is 0.529. The van der Waals surface area contributed by atoms with Crippen molar-refractivity contribution in [2.24, 2.45) is 0 Å². The van der Waals surface area contributed by atoms with Gasteiger partial charge in [0.15, 0.2) is 17.4 Å². The smallest absolute Gasteiger partial charge is 0.173 e. The molecule has 0 radical (unpaired) electrons. The molecule has 0 aliphatic heterocycles. The van der Waals surface area contributed by atoms with Gasteiger partial charge in [0, 0.05) is 21.3 Å². The van der Waals surface area contributed by atoms with Gasteiger partial charge in [-0.25, -0.2) is 8.78 Å². The Bertz CT molecular complexity index is 610. The van der Waals surface area contributed by atoms with Crippen molar-refractivity contribution in [3.63, 3.8) is 0 Å². The van der Waals surface area contributed by atoms with E-state index in [-0.39, 0.29) is 22.2 Å². The minimum atomic E-state index is -1.04. The van der Waals surface area contributed by atoms with Gasteiger partial charge in [0.2, 0.25) is 0 Å². The Morgan fingerprint density at radius 2 is 1.94 bits per heavy atom. The zero-order chi connectivity index (χ0) is 13.3. The number of carbonyl (C=O) groups is 1. The lowest BCUT2D eigenvalue weighted by Gasteiger charge is -2.05. The maximum absolute atomic E-state index is 13.3. The van der Waals surface area contributed by atoms with Crippen molar-refractivity contribution >= 4 is 49.0 Å². The normalized spacial score (nSPS) is 10.7. The van der Waals surface area contributed by atoms with Crippen molar-refractivity contribution in [1.82, 2.24) is 0 Å². The summed E-state index contributed by atoms with van der Waals surface area (Å²) in [5.74, 6) is -2.27. The Balaban J connectivity index is 2.30. The summed E-state index contributed by atoms with van der Waals surface area (Å²) in [5, 5.41) is 1.85. The Morgan fingerprint density at radius 3 is 2.56 bits per heavy atom. The summed E-state index contributed by atoms with van der Waals surface area (Å²) in [6, 6.07) is 4.08. The summed E-state index contributed by atoms with van der Waals surface area (Å²) in [6.07, 6.45) is 0.155. The number of hydrogen-bond acceptors (Lipinski definition) is 2. The molecule has 0 fully saturated rings. The van der Waals surface area contributed by atoms with Crippen LogP contribution in [0.2, 0.25) is 0 Å². The Hall–Kier alpha value is -0.590. The van der Waals surface area contributed by atoms with Gasteiger partial charge in [0.05, 0.1) is 4.47 Å². The maximum atomic E-state index is 13.3. The van der Waals surface area contributed by atoms with E-state index in [4.69, 9.17) is 0 Å². The first-order valence-corrected chi connectivity index (χ1v) is 7.36. The van der Waals surface area contributed by atoms with Crippen LogP contribution in [0.15, 0.2) is 32.5 Å². The van der Waals surface area contributed by atoms with Gasteiger partial charge >= 0.3 is 0 Å². The molecule has 0 saturated heterocycles. The van der Waals surface area contributed by atoms with Crippen LogP contribution in [-0.4, -0.2) is 5.78 Å². The molecule has 1 nitrogen and oxygen atoms in total. The van der Waals surface area contributed by atoms with Gasteiger partial charge in [0.1, 0.15) is 0 Å². The third-order valence-corrected chi connectivity index (χ3v) is 5.05. The van der Waals surface area contributed by atoms with Crippen molar-refractivity contribution < 1.29 is 13.6 Å². The molecule has 2 rings (SSSR count). The van der Waals surface area contributed by atoms with E-state index in [0.717, 1.165) is 15.4 Å². The van der Waals surface area contributed by atoms with E-state index in [2.05, 4.69) is 31.9 Å². The molecule has 0 N–H and O–H groups in total. The number of thiophene rings is 1. The van der Waals surface area contributed by atoms with Gasteiger partial charge in [-0.1, -0.05) is 0 Å². The topological polar surface area (TPSA) is 17.1 Å². The molecule has 0 saturated carbocycles. The molecule has 0 aliphatic carbocycles. The lowest BCUT2D eigenvalue weighted by molar-refractivity contribution is 0.0992. The zero-order valence-corrected chi connectivity index (χ0v) is 12.8. The van der Waals surface area contributed by atoms with Crippen LogP contribution in [0.1, 0.15) is 15.2 Å². The first-order valence-electron chi connectivity index (χ1n) is 4.89. The van der Waals surface area contributed by atoms with Gasteiger partial charge in [-0.15, -0.1) is 11.3 Å². The van der Waals surface area contributed by atoms with Crippen LogP contribution in [0.25, 0.3) is 0 Å². The lowest BCUT2D eigenvalue weighted by Crippen LogP contribution is -2.05. The number of benzene rings is 1. The molecule has 0 unspecified atom stereocenters. The lowest BCUT2D eigenvalue weighted by atomic mass is 10.1. The van der Waals surface area contributed by atoms with Crippen LogP contribution in [0.5, 0.6) is 0 Å². The Kier molecular flexibility index (Phi) is 4.29. The van der Waals surface area contributed by atoms with E-state index in [1.807, 2.05) is 11.4 Å². The third-order valence-electron chi connectivity index (χ3n) is 2.35. The molecule has 94 valence electrons. The Morgan fingerprint density at radius 1 is 1.22 bits per heavy atom. The van der Waals surface area contributed by atoms with Crippen LogP contribution in [0.3, 0.4) is 0 Å². The van der Waals surface area contributed by atoms with Crippen molar-refractivity contribution in [3.05, 3.63) is 54.6 Å². The number of rotatable bonds is 3. The van der Waals surface area contributed by atoms with Crippen LogP contribution >= 0.6 is 43.2 Å².